The molecule has 0 amide bonds. The average Bonchev–Trinajstić information content (AvgIpc) is 2.88. The number of aromatic nitrogens is 2. The first-order chi connectivity index (χ1) is 9.22. The molecule has 0 radical (unpaired) electrons. The van der Waals surface area contributed by atoms with Gasteiger partial charge in [-0.25, -0.2) is 4.39 Å². The van der Waals surface area contributed by atoms with Crippen molar-refractivity contribution in [1.29, 1.82) is 0 Å². The molecule has 1 saturated heterocycles. The van der Waals surface area contributed by atoms with Crippen molar-refractivity contribution < 1.29 is 8.91 Å². The molecule has 1 fully saturated rings. The van der Waals surface area contributed by atoms with Crippen LogP contribution >= 0.6 is 0 Å². The van der Waals surface area contributed by atoms with Crippen LogP contribution in [0.15, 0.2) is 22.7 Å². The van der Waals surface area contributed by atoms with E-state index in [9.17, 15) is 4.39 Å². The number of hydrogen-bond donors (Lipinski definition) is 1. The summed E-state index contributed by atoms with van der Waals surface area (Å²) in [5.41, 5.74) is 1.51. The summed E-state index contributed by atoms with van der Waals surface area (Å²) in [4.78, 5) is 4.40. The van der Waals surface area contributed by atoms with Crippen LogP contribution in [-0.2, 0) is 0 Å². The number of aryl methyl sites for hydroxylation is 1. The molecule has 0 spiro atoms. The smallest absolute Gasteiger partial charge is 0.231 e. The summed E-state index contributed by atoms with van der Waals surface area (Å²) in [6, 6.07) is 4.77. The molecule has 5 heteroatoms. The molecule has 1 atom stereocenters. The maximum Gasteiger partial charge on any atom is 0.231 e. The van der Waals surface area contributed by atoms with E-state index >= 15 is 0 Å². The molecule has 1 N–H and O–H groups in total. The number of hydrogen-bond acceptors (Lipinski definition) is 4. The van der Waals surface area contributed by atoms with E-state index in [0.29, 0.717) is 17.3 Å². The fourth-order valence-corrected chi connectivity index (χ4v) is 2.45. The van der Waals surface area contributed by atoms with Crippen LogP contribution in [0.3, 0.4) is 0 Å². The van der Waals surface area contributed by atoms with Crippen molar-refractivity contribution in [2.45, 2.75) is 25.7 Å². The Kier molecular flexibility index (Phi) is 3.29. The van der Waals surface area contributed by atoms with Crippen molar-refractivity contribution in [2.24, 2.45) is 0 Å². The van der Waals surface area contributed by atoms with E-state index < -0.39 is 0 Å². The van der Waals surface area contributed by atoms with E-state index in [1.54, 1.807) is 0 Å². The zero-order valence-electron chi connectivity index (χ0n) is 10.8. The van der Waals surface area contributed by atoms with Crippen molar-refractivity contribution in [2.75, 3.05) is 13.1 Å². The second-order valence-electron chi connectivity index (χ2n) is 5.02. The molecule has 100 valence electrons. The summed E-state index contributed by atoms with van der Waals surface area (Å²) in [5.74, 6) is 1.10. The van der Waals surface area contributed by atoms with Crippen molar-refractivity contribution in [3.63, 3.8) is 0 Å². The molecule has 4 nitrogen and oxygen atoms in total. The lowest BCUT2D eigenvalue weighted by atomic mass is 10.00. The maximum atomic E-state index is 13.4. The van der Waals surface area contributed by atoms with Gasteiger partial charge in [0.05, 0.1) is 5.92 Å². The predicted octanol–water partition coefficient (Wildman–Crippen LogP) is 2.65. The molecule has 1 aromatic heterocycles. The molecule has 0 bridgehead atoms. The molecular weight excluding hydrogens is 245 g/mol. The first-order valence-corrected chi connectivity index (χ1v) is 6.54. The topological polar surface area (TPSA) is 51.0 Å². The van der Waals surface area contributed by atoms with Crippen LogP contribution in [0, 0.1) is 12.7 Å². The molecule has 0 aliphatic carbocycles. The Labute approximate surface area is 111 Å². The number of piperidine rings is 1. The third-order valence-corrected chi connectivity index (χ3v) is 3.39. The van der Waals surface area contributed by atoms with E-state index in [2.05, 4.69) is 15.5 Å². The van der Waals surface area contributed by atoms with Crippen LogP contribution < -0.4 is 5.32 Å². The zero-order chi connectivity index (χ0) is 13.2. The predicted molar refractivity (Wildman–Crippen MR) is 69.3 cm³/mol. The highest BCUT2D eigenvalue weighted by Gasteiger charge is 2.21. The van der Waals surface area contributed by atoms with Gasteiger partial charge in [0.25, 0.3) is 0 Å². The standard InChI is InChI=1S/C14H16FN3O/c1-9-5-11(7-12(15)6-9)13-17-14(19-18-13)10-3-2-4-16-8-10/h5-7,10,16H,2-4,8H2,1H3/t10-/m0/s1. The first-order valence-electron chi connectivity index (χ1n) is 6.54. The van der Waals surface area contributed by atoms with Crippen LogP contribution in [-0.4, -0.2) is 23.2 Å². The molecule has 3 rings (SSSR count). The summed E-state index contributed by atoms with van der Waals surface area (Å²) in [6.45, 7) is 3.75. The zero-order valence-corrected chi connectivity index (χ0v) is 10.8. The Balaban J connectivity index is 1.87. The first kappa shape index (κ1) is 12.3. The summed E-state index contributed by atoms with van der Waals surface area (Å²) in [7, 11) is 0. The Bertz CT molecular complexity index is 556. The highest BCUT2D eigenvalue weighted by molar-refractivity contribution is 5.55. The Morgan fingerprint density at radius 1 is 1.37 bits per heavy atom. The van der Waals surface area contributed by atoms with Crippen LogP contribution in [0.2, 0.25) is 0 Å². The minimum absolute atomic E-state index is 0.268. The monoisotopic (exact) mass is 261 g/mol. The molecule has 2 heterocycles. The number of halogens is 1. The Hall–Kier alpha value is -1.75. The lowest BCUT2D eigenvalue weighted by molar-refractivity contribution is 0.322. The SMILES string of the molecule is Cc1cc(F)cc(-c2noc([C@H]3CCCNC3)n2)c1. The summed E-state index contributed by atoms with van der Waals surface area (Å²) < 4.78 is 18.7. The van der Waals surface area contributed by atoms with Crippen LogP contribution in [0.4, 0.5) is 4.39 Å². The van der Waals surface area contributed by atoms with Gasteiger partial charge in [0.15, 0.2) is 0 Å². The van der Waals surface area contributed by atoms with Crippen LogP contribution in [0.5, 0.6) is 0 Å². The van der Waals surface area contributed by atoms with Crippen molar-refractivity contribution in [3.05, 3.63) is 35.5 Å². The van der Waals surface area contributed by atoms with Gasteiger partial charge >= 0.3 is 0 Å². The quantitative estimate of drug-likeness (QED) is 0.903. The van der Waals surface area contributed by atoms with Gasteiger partial charge in [-0.15, -0.1) is 0 Å². The lowest BCUT2D eigenvalue weighted by Crippen LogP contribution is -2.28. The largest absolute Gasteiger partial charge is 0.339 e. The summed E-state index contributed by atoms with van der Waals surface area (Å²) >= 11 is 0. The second-order valence-corrected chi connectivity index (χ2v) is 5.02. The number of nitrogens with zero attached hydrogens (tertiary/aromatic N) is 2. The molecule has 0 saturated carbocycles. The van der Waals surface area contributed by atoms with E-state index in [4.69, 9.17) is 4.52 Å². The van der Waals surface area contributed by atoms with Crippen molar-refractivity contribution >= 4 is 0 Å². The van der Waals surface area contributed by atoms with Gasteiger partial charge in [0.2, 0.25) is 11.7 Å². The van der Waals surface area contributed by atoms with Crippen molar-refractivity contribution in [3.8, 4) is 11.4 Å². The Morgan fingerprint density at radius 2 is 2.26 bits per heavy atom. The number of rotatable bonds is 2. The normalized spacial score (nSPS) is 19.6. The van der Waals surface area contributed by atoms with Gasteiger partial charge in [0.1, 0.15) is 5.82 Å². The van der Waals surface area contributed by atoms with Gasteiger partial charge in [-0.3, -0.25) is 0 Å². The summed E-state index contributed by atoms with van der Waals surface area (Å²) in [5, 5.41) is 7.28. The molecule has 1 aliphatic rings. The van der Waals surface area contributed by atoms with E-state index in [0.717, 1.165) is 31.5 Å². The molecule has 0 unspecified atom stereocenters. The van der Waals surface area contributed by atoms with Gasteiger partial charge < -0.3 is 9.84 Å². The van der Waals surface area contributed by atoms with Gasteiger partial charge in [-0.05, 0) is 50.1 Å². The summed E-state index contributed by atoms with van der Waals surface area (Å²) in [6.07, 6.45) is 2.16. The van der Waals surface area contributed by atoms with Crippen LogP contribution in [0.1, 0.15) is 30.2 Å². The number of benzene rings is 1. The molecule has 1 aromatic carbocycles. The fraction of sp³-hybridized carbons (Fsp3) is 0.429. The average molecular weight is 261 g/mol. The second kappa shape index (κ2) is 5.09. The van der Waals surface area contributed by atoms with Crippen LogP contribution in [0.25, 0.3) is 11.4 Å². The lowest BCUT2D eigenvalue weighted by Gasteiger charge is -2.18. The minimum atomic E-state index is -0.277. The van der Waals surface area contributed by atoms with Crippen molar-refractivity contribution in [1.82, 2.24) is 15.5 Å². The van der Waals surface area contributed by atoms with Gasteiger partial charge in [0, 0.05) is 12.1 Å². The third kappa shape index (κ3) is 2.66. The molecule has 1 aliphatic heterocycles. The van der Waals surface area contributed by atoms with E-state index in [1.807, 2.05) is 13.0 Å². The highest BCUT2D eigenvalue weighted by Crippen LogP contribution is 2.25. The molecular formula is C14H16FN3O. The third-order valence-electron chi connectivity index (χ3n) is 3.39. The maximum absolute atomic E-state index is 13.4. The number of nitrogens with one attached hydrogen (secondary N) is 1. The molecule has 2 aromatic rings. The highest BCUT2D eigenvalue weighted by atomic mass is 19.1. The Morgan fingerprint density at radius 3 is 3.00 bits per heavy atom. The molecule has 19 heavy (non-hydrogen) atoms. The van der Waals surface area contributed by atoms with E-state index in [-0.39, 0.29) is 11.7 Å². The van der Waals surface area contributed by atoms with E-state index in [1.165, 1.54) is 12.1 Å². The van der Waals surface area contributed by atoms with Gasteiger partial charge in [-0.1, -0.05) is 5.16 Å². The minimum Gasteiger partial charge on any atom is -0.339 e. The van der Waals surface area contributed by atoms with Gasteiger partial charge in [-0.2, -0.15) is 4.98 Å². The fourth-order valence-electron chi connectivity index (χ4n) is 2.45.